The summed E-state index contributed by atoms with van der Waals surface area (Å²) >= 11 is 0. The van der Waals surface area contributed by atoms with E-state index in [4.69, 9.17) is 5.73 Å². The molecule has 1 aromatic rings. The lowest BCUT2D eigenvalue weighted by Gasteiger charge is -2.19. The van der Waals surface area contributed by atoms with Crippen LogP contribution in [0.1, 0.15) is 18.9 Å². The number of rotatable bonds is 2. The van der Waals surface area contributed by atoms with E-state index in [0.29, 0.717) is 12.4 Å². The number of nitrogen functional groups attached to an aromatic ring is 1. The van der Waals surface area contributed by atoms with Gasteiger partial charge in [0, 0.05) is 18.7 Å². The second-order valence-corrected chi connectivity index (χ2v) is 3.80. The molecule has 5 nitrogen and oxygen atoms in total. The highest BCUT2D eigenvalue weighted by Crippen LogP contribution is 2.25. The minimum Gasteiger partial charge on any atom is -0.391 e. The summed E-state index contributed by atoms with van der Waals surface area (Å²) in [4.78, 5) is 10.3. The first-order valence-electron chi connectivity index (χ1n) is 5.24. The fourth-order valence-electron chi connectivity index (χ4n) is 1.96. The maximum absolute atomic E-state index is 9.48. The normalized spacial score (nSPS) is 20.9. The summed E-state index contributed by atoms with van der Waals surface area (Å²) in [5.41, 5.74) is 6.77. The Hall–Kier alpha value is -1.36. The molecule has 5 heteroatoms. The van der Waals surface area contributed by atoms with Crippen LogP contribution in [0.4, 0.5) is 11.6 Å². The molecule has 0 bridgehead atoms. The third-order valence-corrected chi connectivity index (χ3v) is 2.77. The molecule has 1 fully saturated rings. The molecule has 1 aromatic heterocycles. The third kappa shape index (κ3) is 1.87. The van der Waals surface area contributed by atoms with Crippen molar-refractivity contribution in [3.05, 3.63) is 11.9 Å². The monoisotopic (exact) mass is 208 g/mol. The number of aromatic nitrogens is 2. The zero-order valence-corrected chi connectivity index (χ0v) is 8.85. The molecule has 15 heavy (non-hydrogen) atoms. The van der Waals surface area contributed by atoms with Crippen molar-refractivity contribution >= 4 is 11.6 Å². The van der Waals surface area contributed by atoms with Crippen molar-refractivity contribution < 1.29 is 5.11 Å². The molecule has 1 saturated heterocycles. The minimum atomic E-state index is -0.245. The van der Waals surface area contributed by atoms with Crippen LogP contribution >= 0.6 is 0 Å². The zero-order valence-electron chi connectivity index (χ0n) is 8.85. The van der Waals surface area contributed by atoms with E-state index in [-0.39, 0.29) is 6.10 Å². The van der Waals surface area contributed by atoms with Crippen LogP contribution < -0.4 is 10.6 Å². The summed E-state index contributed by atoms with van der Waals surface area (Å²) in [5, 5.41) is 9.48. The molecule has 0 saturated carbocycles. The van der Waals surface area contributed by atoms with E-state index in [0.717, 1.165) is 30.8 Å². The van der Waals surface area contributed by atoms with Crippen LogP contribution in [0.15, 0.2) is 6.33 Å². The van der Waals surface area contributed by atoms with Crippen LogP contribution in [0.3, 0.4) is 0 Å². The Bertz CT molecular complexity index is 355. The smallest absolute Gasteiger partial charge is 0.137 e. The molecule has 3 N–H and O–H groups in total. The van der Waals surface area contributed by atoms with Crippen molar-refractivity contribution in [2.75, 3.05) is 23.7 Å². The van der Waals surface area contributed by atoms with Crippen molar-refractivity contribution in [2.24, 2.45) is 0 Å². The van der Waals surface area contributed by atoms with Gasteiger partial charge in [-0.2, -0.15) is 0 Å². The van der Waals surface area contributed by atoms with Crippen molar-refractivity contribution in [1.29, 1.82) is 0 Å². The zero-order chi connectivity index (χ0) is 10.8. The van der Waals surface area contributed by atoms with Gasteiger partial charge in [0.05, 0.1) is 6.10 Å². The Balaban J connectivity index is 2.31. The van der Waals surface area contributed by atoms with Gasteiger partial charge in [0.15, 0.2) is 0 Å². The second-order valence-electron chi connectivity index (χ2n) is 3.80. The highest BCUT2D eigenvalue weighted by atomic mass is 16.3. The lowest BCUT2D eigenvalue weighted by molar-refractivity contribution is 0.198. The van der Waals surface area contributed by atoms with Crippen LogP contribution in [-0.2, 0) is 6.42 Å². The summed E-state index contributed by atoms with van der Waals surface area (Å²) in [7, 11) is 0. The first kappa shape index (κ1) is 10.2. The van der Waals surface area contributed by atoms with Crippen molar-refractivity contribution in [2.45, 2.75) is 25.9 Å². The summed E-state index contributed by atoms with van der Waals surface area (Å²) in [6.07, 6.45) is 2.85. The number of anilines is 2. The molecule has 0 aromatic carbocycles. The Kier molecular flexibility index (Phi) is 2.73. The Labute approximate surface area is 88.9 Å². The molecule has 0 spiro atoms. The molecule has 1 aliphatic heterocycles. The van der Waals surface area contributed by atoms with Gasteiger partial charge in [-0.3, -0.25) is 0 Å². The van der Waals surface area contributed by atoms with E-state index in [2.05, 4.69) is 14.9 Å². The van der Waals surface area contributed by atoms with Gasteiger partial charge in [-0.1, -0.05) is 6.92 Å². The van der Waals surface area contributed by atoms with E-state index < -0.39 is 0 Å². The van der Waals surface area contributed by atoms with E-state index in [1.807, 2.05) is 6.92 Å². The predicted molar refractivity (Wildman–Crippen MR) is 58.7 cm³/mol. The van der Waals surface area contributed by atoms with Gasteiger partial charge in [-0.05, 0) is 12.8 Å². The van der Waals surface area contributed by atoms with Gasteiger partial charge in [-0.15, -0.1) is 0 Å². The summed E-state index contributed by atoms with van der Waals surface area (Å²) in [6.45, 7) is 3.51. The van der Waals surface area contributed by atoms with E-state index >= 15 is 0 Å². The van der Waals surface area contributed by atoms with Crippen LogP contribution in [-0.4, -0.2) is 34.3 Å². The molecule has 1 atom stereocenters. The molecule has 1 unspecified atom stereocenters. The average Bonchev–Trinajstić information content (AvgIpc) is 2.64. The maximum Gasteiger partial charge on any atom is 0.137 e. The topological polar surface area (TPSA) is 75.3 Å². The number of hydrogen-bond donors (Lipinski definition) is 2. The minimum absolute atomic E-state index is 0.245. The van der Waals surface area contributed by atoms with Crippen LogP contribution in [0, 0.1) is 0 Å². The van der Waals surface area contributed by atoms with Gasteiger partial charge in [0.1, 0.15) is 18.0 Å². The highest BCUT2D eigenvalue weighted by Gasteiger charge is 2.23. The van der Waals surface area contributed by atoms with Gasteiger partial charge in [0.2, 0.25) is 0 Å². The van der Waals surface area contributed by atoms with E-state index in [1.54, 1.807) is 0 Å². The molecule has 82 valence electrons. The SMILES string of the molecule is CCc1c(N)ncnc1N1CCC(O)C1. The van der Waals surface area contributed by atoms with Gasteiger partial charge in [0.25, 0.3) is 0 Å². The van der Waals surface area contributed by atoms with E-state index in [1.165, 1.54) is 6.33 Å². The summed E-state index contributed by atoms with van der Waals surface area (Å²) < 4.78 is 0. The number of nitrogens with two attached hydrogens (primary N) is 1. The number of hydrogen-bond acceptors (Lipinski definition) is 5. The maximum atomic E-state index is 9.48. The first-order valence-corrected chi connectivity index (χ1v) is 5.24. The third-order valence-electron chi connectivity index (χ3n) is 2.77. The van der Waals surface area contributed by atoms with Crippen molar-refractivity contribution in [3.63, 3.8) is 0 Å². The van der Waals surface area contributed by atoms with Gasteiger partial charge in [-0.25, -0.2) is 9.97 Å². The first-order chi connectivity index (χ1) is 7.22. The summed E-state index contributed by atoms with van der Waals surface area (Å²) in [5.74, 6) is 1.42. The van der Waals surface area contributed by atoms with Crippen LogP contribution in [0.25, 0.3) is 0 Å². The van der Waals surface area contributed by atoms with Gasteiger partial charge < -0.3 is 15.7 Å². The molecular weight excluding hydrogens is 192 g/mol. The Morgan fingerprint density at radius 2 is 2.40 bits per heavy atom. The summed E-state index contributed by atoms with van der Waals surface area (Å²) in [6, 6.07) is 0. The average molecular weight is 208 g/mol. The van der Waals surface area contributed by atoms with E-state index in [9.17, 15) is 5.11 Å². The quantitative estimate of drug-likeness (QED) is 0.725. The Morgan fingerprint density at radius 3 is 3.00 bits per heavy atom. The van der Waals surface area contributed by atoms with Gasteiger partial charge >= 0.3 is 0 Å². The highest BCUT2D eigenvalue weighted by molar-refractivity contribution is 5.57. The van der Waals surface area contributed by atoms with Crippen LogP contribution in [0.5, 0.6) is 0 Å². The number of aliphatic hydroxyl groups excluding tert-OH is 1. The van der Waals surface area contributed by atoms with Crippen molar-refractivity contribution in [1.82, 2.24) is 9.97 Å². The number of aliphatic hydroxyl groups is 1. The molecule has 2 heterocycles. The largest absolute Gasteiger partial charge is 0.391 e. The lowest BCUT2D eigenvalue weighted by atomic mass is 10.2. The fourth-order valence-corrected chi connectivity index (χ4v) is 1.96. The molecule has 0 aliphatic carbocycles. The number of nitrogens with zero attached hydrogens (tertiary/aromatic N) is 3. The van der Waals surface area contributed by atoms with Crippen molar-refractivity contribution in [3.8, 4) is 0 Å². The van der Waals surface area contributed by atoms with Crippen LogP contribution in [0.2, 0.25) is 0 Å². The Morgan fingerprint density at radius 1 is 1.60 bits per heavy atom. The molecule has 0 amide bonds. The molecule has 1 aliphatic rings. The fraction of sp³-hybridized carbons (Fsp3) is 0.600. The molecule has 0 radical (unpaired) electrons. The number of β-amino-alcohol motifs (C(OH)–C–C–N with tert-alkyl or cyclic N) is 1. The predicted octanol–water partition coefficient (Wildman–Crippen LogP) is 0.192. The standard InChI is InChI=1S/C10H16N4O/c1-2-8-9(11)12-6-13-10(8)14-4-3-7(15)5-14/h6-7,15H,2-5H2,1H3,(H2,11,12,13). The molecular formula is C10H16N4O. The lowest BCUT2D eigenvalue weighted by Crippen LogP contribution is -2.24. The molecule has 2 rings (SSSR count). The second kappa shape index (κ2) is 4.02.